The number of rotatable bonds is 3. The van der Waals surface area contributed by atoms with Gasteiger partial charge in [0, 0.05) is 6.20 Å². The number of likely N-dealkylation sites (tertiary alicyclic amines) is 1. The van der Waals surface area contributed by atoms with E-state index in [-0.39, 0.29) is 23.7 Å². The molecule has 2 aliphatic rings. The Morgan fingerprint density at radius 2 is 1.95 bits per heavy atom. The van der Waals surface area contributed by atoms with Gasteiger partial charge in [-0.15, -0.1) is 0 Å². The summed E-state index contributed by atoms with van der Waals surface area (Å²) < 4.78 is 0. The van der Waals surface area contributed by atoms with Crippen LogP contribution >= 0.6 is 11.6 Å². The van der Waals surface area contributed by atoms with Crippen LogP contribution in [0.15, 0.2) is 18.3 Å². The van der Waals surface area contributed by atoms with Gasteiger partial charge in [-0.05, 0) is 36.5 Å². The van der Waals surface area contributed by atoms with E-state index in [2.05, 4.69) is 11.9 Å². The maximum atomic E-state index is 12.4. The number of fused-ring (bicyclic) bond motifs is 1. The van der Waals surface area contributed by atoms with Gasteiger partial charge in [0.1, 0.15) is 5.15 Å². The lowest BCUT2D eigenvalue weighted by atomic mass is 10.00. The van der Waals surface area contributed by atoms with Crippen molar-refractivity contribution in [1.29, 1.82) is 0 Å². The Balaban J connectivity index is 1.77. The third kappa shape index (κ3) is 2.22. The Kier molecular flexibility index (Phi) is 3.50. The smallest absolute Gasteiger partial charge is 0.233 e. The SMILES string of the molecule is CCC1CC2C(=O)N(Cc3ccnc(Cl)c3)C(=O)C2C1. The van der Waals surface area contributed by atoms with Crippen molar-refractivity contribution >= 4 is 23.4 Å². The first kappa shape index (κ1) is 13.6. The Hall–Kier alpha value is -1.42. The van der Waals surface area contributed by atoms with Crippen LogP contribution in [-0.4, -0.2) is 21.7 Å². The molecule has 4 nitrogen and oxygen atoms in total. The van der Waals surface area contributed by atoms with E-state index in [1.165, 1.54) is 4.90 Å². The Morgan fingerprint density at radius 3 is 2.50 bits per heavy atom. The fourth-order valence-corrected chi connectivity index (χ4v) is 3.61. The molecule has 0 radical (unpaired) electrons. The minimum absolute atomic E-state index is 0.0103. The van der Waals surface area contributed by atoms with Gasteiger partial charge in [0.15, 0.2) is 0 Å². The number of amides is 2. The predicted molar refractivity (Wildman–Crippen MR) is 74.8 cm³/mol. The lowest BCUT2D eigenvalue weighted by molar-refractivity contribution is -0.141. The highest BCUT2D eigenvalue weighted by molar-refractivity contribution is 6.29. The van der Waals surface area contributed by atoms with Gasteiger partial charge in [0.05, 0.1) is 18.4 Å². The minimum atomic E-state index is -0.0928. The number of carbonyl (C=O) groups is 2. The monoisotopic (exact) mass is 292 g/mol. The number of carbonyl (C=O) groups excluding carboxylic acids is 2. The Morgan fingerprint density at radius 1 is 1.30 bits per heavy atom. The molecule has 0 bridgehead atoms. The molecule has 5 heteroatoms. The highest BCUT2D eigenvalue weighted by Gasteiger charge is 2.51. The van der Waals surface area contributed by atoms with Crippen molar-refractivity contribution in [3.05, 3.63) is 29.0 Å². The molecule has 20 heavy (non-hydrogen) atoms. The molecule has 1 aromatic heterocycles. The summed E-state index contributed by atoms with van der Waals surface area (Å²) in [7, 11) is 0. The quantitative estimate of drug-likeness (QED) is 0.636. The van der Waals surface area contributed by atoms with E-state index >= 15 is 0 Å². The molecule has 2 amide bonds. The molecule has 2 heterocycles. The largest absolute Gasteiger partial charge is 0.278 e. The average molecular weight is 293 g/mol. The fourth-order valence-electron chi connectivity index (χ4n) is 3.41. The summed E-state index contributed by atoms with van der Waals surface area (Å²) in [6.45, 7) is 2.43. The molecule has 1 aliphatic carbocycles. The number of aromatic nitrogens is 1. The third-order valence-electron chi connectivity index (χ3n) is 4.54. The van der Waals surface area contributed by atoms with Crippen molar-refractivity contribution in [3.63, 3.8) is 0 Å². The zero-order valence-corrected chi connectivity index (χ0v) is 12.1. The summed E-state index contributed by atoms with van der Waals surface area (Å²) in [5, 5.41) is 0.382. The summed E-state index contributed by atoms with van der Waals surface area (Å²) >= 11 is 5.84. The molecule has 1 saturated carbocycles. The minimum Gasteiger partial charge on any atom is -0.278 e. The topological polar surface area (TPSA) is 50.3 Å². The van der Waals surface area contributed by atoms with Gasteiger partial charge in [0.2, 0.25) is 11.8 Å². The molecule has 106 valence electrons. The maximum Gasteiger partial charge on any atom is 0.233 e. The van der Waals surface area contributed by atoms with E-state index in [0.29, 0.717) is 17.6 Å². The molecule has 1 saturated heterocycles. The van der Waals surface area contributed by atoms with Gasteiger partial charge in [0.25, 0.3) is 0 Å². The van der Waals surface area contributed by atoms with Gasteiger partial charge in [-0.2, -0.15) is 0 Å². The fraction of sp³-hybridized carbons (Fsp3) is 0.533. The van der Waals surface area contributed by atoms with Crippen LogP contribution in [-0.2, 0) is 16.1 Å². The standard InChI is InChI=1S/C15H17ClN2O2/c1-2-9-5-11-12(6-9)15(20)18(14(11)19)8-10-3-4-17-13(16)7-10/h3-4,7,9,11-12H,2,5-6,8H2,1H3. The second-order valence-electron chi connectivity index (χ2n) is 5.71. The van der Waals surface area contributed by atoms with Gasteiger partial charge in [-0.1, -0.05) is 24.9 Å². The summed E-state index contributed by atoms with van der Waals surface area (Å²) in [5.41, 5.74) is 0.846. The van der Waals surface area contributed by atoms with Crippen LogP contribution < -0.4 is 0 Å². The first-order valence-electron chi connectivity index (χ1n) is 7.05. The Bertz CT molecular complexity index is 537. The van der Waals surface area contributed by atoms with E-state index in [0.717, 1.165) is 24.8 Å². The van der Waals surface area contributed by atoms with Crippen LogP contribution in [0, 0.1) is 17.8 Å². The van der Waals surface area contributed by atoms with Crippen molar-refractivity contribution in [1.82, 2.24) is 9.88 Å². The molecule has 0 N–H and O–H groups in total. The molecule has 2 unspecified atom stereocenters. The van der Waals surface area contributed by atoms with Crippen molar-refractivity contribution in [2.75, 3.05) is 0 Å². The lowest BCUT2D eigenvalue weighted by Gasteiger charge is -2.17. The maximum absolute atomic E-state index is 12.4. The van der Waals surface area contributed by atoms with Crippen molar-refractivity contribution < 1.29 is 9.59 Å². The second-order valence-corrected chi connectivity index (χ2v) is 6.10. The highest BCUT2D eigenvalue weighted by atomic mass is 35.5. The summed E-state index contributed by atoms with van der Waals surface area (Å²) in [5.74, 6) is 0.317. The first-order valence-corrected chi connectivity index (χ1v) is 7.43. The van der Waals surface area contributed by atoms with Crippen LogP contribution in [0.4, 0.5) is 0 Å². The van der Waals surface area contributed by atoms with Crippen LogP contribution in [0.2, 0.25) is 5.15 Å². The number of imide groups is 1. The molecule has 2 atom stereocenters. The highest BCUT2D eigenvalue weighted by Crippen LogP contribution is 2.44. The number of halogens is 1. The normalized spacial score (nSPS) is 29.1. The summed E-state index contributed by atoms with van der Waals surface area (Å²) in [6.07, 6.45) is 4.36. The van der Waals surface area contributed by atoms with Crippen LogP contribution in [0.25, 0.3) is 0 Å². The third-order valence-corrected chi connectivity index (χ3v) is 4.74. The van der Waals surface area contributed by atoms with E-state index in [1.54, 1.807) is 18.3 Å². The molecule has 0 aromatic carbocycles. The van der Waals surface area contributed by atoms with Crippen LogP contribution in [0.3, 0.4) is 0 Å². The lowest BCUT2D eigenvalue weighted by Crippen LogP contribution is -2.31. The molecular formula is C15H17ClN2O2. The zero-order chi connectivity index (χ0) is 14.3. The molecular weight excluding hydrogens is 276 g/mol. The number of nitrogens with zero attached hydrogens (tertiary/aromatic N) is 2. The van der Waals surface area contributed by atoms with E-state index < -0.39 is 0 Å². The van der Waals surface area contributed by atoms with Gasteiger partial charge in [-0.25, -0.2) is 4.98 Å². The van der Waals surface area contributed by atoms with Gasteiger partial charge < -0.3 is 0 Å². The van der Waals surface area contributed by atoms with Crippen molar-refractivity contribution in [2.24, 2.45) is 17.8 Å². The average Bonchev–Trinajstić information content (AvgIpc) is 2.95. The van der Waals surface area contributed by atoms with Crippen LogP contribution in [0.1, 0.15) is 31.7 Å². The van der Waals surface area contributed by atoms with E-state index in [1.807, 2.05) is 0 Å². The second kappa shape index (κ2) is 5.17. The molecule has 3 rings (SSSR count). The first-order chi connectivity index (χ1) is 9.60. The van der Waals surface area contributed by atoms with E-state index in [4.69, 9.17) is 11.6 Å². The van der Waals surface area contributed by atoms with Crippen molar-refractivity contribution in [3.8, 4) is 0 Å². The Labute approximate surface area is 123 Å². The predicted octanol–water partition coefficient (Wildman–Crippen LogP) is 2.66. The molecule has 0 spiro atoms. The van der Waals surface area contributed by atoms with Gasteiger partial charge in [-0.3, -0.25) is 14.5 Å². The molecule has 1 aliphatic heterocycles. The molecule has 1 aromatic rings. The zero-order valence-electron chi connectivity index (χ0n) is 11.4. The van der Waals surface area contributed by atoms with Crippen molar-refractivity contribution in [2.45, 2.75) is 32.7 Å². The number of hydrogen-bond donors (Lipinski definition) is 0. The van der Waals surface area contributed by atoms with Crippen LogP contribution in [0.5, 0.6) is 0 Å². The molecule has 2 fully saturated rings. The number of pyridine rings is 1. The van der Waals surface area contributed by atoms with E-state index in [9.17, 15) is 9.59 Å². The van der Waals surface area contributed by atoms with Gasteiger partial charge >= 0.3 is 0 Å². The summed E-state index contributed by atoms with van der Waals surface area (Å²) in [4.78, 5) is 30.1. The summed E-state index contributed by atoms with van der Waals surface area (Å²) in [6, 6.07) is 3.49. The number of hydrogen-bond acceptors (Lipinski definition) is 3.